The summed E-state index contributed by atoms with van der Waals surface area (Å²) in [5, 5.41) is 10.1. The molecule has 2 heteroatoms. The highest BCUT2D eigenvalue weighted by molar-refractivity contribution is 5.55. The highest BCUT2D eigenvalue weighted by Crippen LogP contribution is 2.23. The molecule has 0 fully saturated rings. The van der Waals surface area contributed by atoms with E-state index < -0.39 is 0 Å². The van der Waals surface area contributed by atoms with Crippen molar-refractivity contribution in [2.45, 2.75) is 53.1 Å². The molecule has 0 saturated carbocycles. The van der Waals surface area contributed by atoms with Gasteiger partial charge < -0.3 is 10.0 Å². The van der Waals surface area contributed by atoms with Crippen LogP contribution in [-0.2, 0) is 0 Å². The number of unbranched alkanes of at least 4 members (excludes halogenated alkanes) is 1. The fraction of sp³-hybridized carbons (Fsp3) is 0.625. The first-order valence-electron chi connectivity index (χ1n) is 7.09. The van der Waals surface area contributed by atoms with Crippen molar-refractivity contribution in [2.75, 3.05) is 18.0 Å². The number of rotatable bonds is 7. The molecule has 1 unspecified atom stereocenters. The van der Waals surface area contributed by atoms with Crippen LogP contribution in [0.5, 0.6) is 0 Å². The van der Waals surface area contributed by atoms with Crippen LogP contribution in [0.25, 0.3) is 0 Å². The number of aliphatic hydroxyl groups excluding tert-OH is 1. The standard InChI is InChI=1S/C16H27NO/c1-5-7-10-15(18)12-17(6-2)16-11-8-9-13(3)14(16)4/h8-9,11,15,18H,5-7,10,12H2,1-4H3. The third-order valence-electron chi connectivity index (χ3n) is 3.62. The first-order valence-corrected chi connectivity index (χ1v) is 7.09. The number of anilines is 1. The van der Waals surface area contributed by atoms with E-state index in [1.165, 1.54) is 16.8 Å². The Morgan fingerprint density at radius 2 is 1.94 bits per heavy atom. The molecule has 1 N–H and O–H groups in total. The van der Waals surface area contributed by atoms with Gasteiger partial charge in [-0.05, 0) is 44.4 Å². The van der Waals surface area contributed by atoms with Gasteiger partial charge in [0.2, 0.25) is 0 Å². The summed E-state index contributed by atoms with van der Waals surface area (Å²) in [6.45, 7) is 10.3. The molecule has 1 aromatic rings. The van der Waals surface area contributed by atoms with Gasteiger partial charge in [-0.3, -0.25) is 0 Å². The number of aryl methyl sites for hydroxylation is 1. The smallest absolute Gasteiger partial charge is 0.0715 e. The van der Waals surface area contributed by atoms with E-state index in [2.05, 4.69) is 50.8 Å². The van der Waals surface area contributed by atoms with E-state index in [-0.39, 0.29) is 6.10 Å². The Balaban J connectivity index is 2.74. The summed E-state index contributed by atoms with van der Waals surface area (Å²) < 4.78 is 0. The molecule has 1 atom stereocenters. The molecule has 0 bridgehead atoms. The van der Waals surface area contributed by atoms with E-state index in [0.29, 0.717) is 0 Å². The number of benzene rings is 1. The molecule has 102 valence electrons. The van der Waals surface area contributed by atoms with Crippen LogP contribution < -0.4 is 4.90 Å². The Morgan fingerprint density at radius 3 is 2.56 bits per heavy atom. The predicted molar refractivity (Wildman–Crippen MR) is 79.3 cm³/mol. The monoisotopic (exact) mass is 249 g/mol. The molecule has 18 heavy (non-hydrogen) atoms. The van der Waals surface area contributed by atoms with Crippen LogP contribution in [0.3, 0.4) is 0 Å². The lowest BCUT2D eigenvalue weighted by Gasteiger charge is -2.28. The van der Waals surface area contributed by atoms with E-state index in [1.807, 2.05) is 0 Å². The van der Waals surface area contributed by atoms with Crippen molar-refractivity contribution in [3.05, 3.63) is 29.3 Å². The molecular weight excluding hydrogens is 222 g/mol. The number of aliphatic hydroxyl groups is 1. The Morgan fingerprint density at radius 1 is 1.22 bits per heavy atom. The van der Waals surface area contributed by atoms with Gasteiger partial charge in [-0.1, -0.05) is 31.9 Å². The maximum atomic E-state index is 10.1. The second-order valence-electron chi connectivity index (χ2n) is 5.05. The summed E-state index contributed by atoms with van der Waals surface area (Å²) in [4.78, 5) is 2.28. The molecule has 0 amide bonds. The Hall–Kier alpha value is -1.02. The Kier molecular flexibility index (Phi) is 6.20. The average molecular weight is 249 g/mol. The molecule has 0 radical (unpaired) electrons. The van der Waals surface area contributed by atoms with Gasteiger partial charge >= 0.3 is 0 Å². The summed E-state index contributed by atoms with van der Waals surface area (Å²) in [6.07, 6.45) is 2.93. The second kappa shape index (κ2) is 7.42. The van der Waals surface area contributed by atoms with Crippen LogP contribution in [0, 0.1) is 13.8 Å². The molecule has 1 rings (SSSR count). The summed E-state index contributed by atoms with van der Waals surface area (Å²) in [7, 11) is 0. The predicted octanol–water partition coefficient (Wildman–Crippen LogP) is 3.68. The van der Waals surface area contributed by atoms with Crippen LogP contribution in [-0.4, -0.2) is 24.3 Å². The van der Waals surface area contributed by atoms with Crippen molar-refractivity contribution in [2.24, 2.45) is 0 Å². The van der Waals surface area contributed by atoms with Crippen LogP contribution in [0.4, 0.5) is 5.69 Å². The molecule has 0 saturated heterocycles. The van der Waals surface area contributed by atoms with Gasteiger partial charge in [0.15, 0.2) is 0 Å². The maximum Gasteiger partial charge on any atom is 0.0715 e. The zero-order valence-electron chi connectivity index (χ0n) is 12.2. The van der Waals surface area contributed by atoms with Crippen LogP contribution >= 0.6 is 0 Å². The second-order valence-corrected chi connectivity index (χ2v) is 5.05. The number of hydrogen-bond acceptors (Lipinski definition) is 2. The fourth-order valence-corrected chi connectivity index (χ4v) is 2.26. The van der Waals surface area contributed by atoms with Crippen molar-refractivity contribution >= 4 is 5.69 Å². The SMILES string of the molecule is CCCCC(O)CN(CC)c1cccc(C)c1C. The van der Waals surface area contributed by atoms with Crippen LogP contribution in [0.1, 0.15) is 44.2 Å². The number of likely N-dealkylation sites (N-methyl/N-ethyl adjacent to an activating group) is 1. The minimum atomic E-state index is -0.218. The lowest BCUT2D eigenvalue weighted by molar-refractivity contribution is 0.167. The van der Waals surface area contributed by atoms with Gasteiger partial charge in [-0.15, -0.1) is 0 Å². The van der Waals surface area contributed by atoms with Crippen molar-refractivity contribution in [3.63, 3.8) is 0 Å². The highest BCUT2D eigenvalue weighted by atomic mass is 16.3. The third kappa shape index (κ3) is 4.02. The summed E-state index contributed by atoms with van der Waals surface area (Å²) >= 11 is 0. The van der Waals surface area contributed by atoms with Crippen LogP contribution in [0.2, 0.25) is 0 Å². The molecule has 0 aliphatic heterocycles. The van der Waals surface area contributed by atoms with Crippen molar-refractivity contribution in [1.82, 2.24) is 0 Å². The van der Waals surface area contributed by atoms with Gasteiger partial charge in [0, 0.05) is 18.8 Å². The fourth-order valence-electron chi connectivity index (χ4n) is 2.26. The normalized spacial score (nSPS) is 12.5. The molecule has 0 aliphatic rings. The van der Waals surface area contributed by atoms with E-state index in [4.69, 9.17) is 0 Å². The molecular formula is C16H27NO. The van der Waals surface area contributed by atoms with Gasteiger partial charge in [0.25, 0.3) is 0 Å². The summed E-state index contributed by atoms with van der Waals surface area (Å²) in [6, 6.07) is 6.39. The lowest BCUT2D eigenvalue weighted by Crippen LogP contribution is -2.32. The van der Waals surface area contributed by atoms with E-state index in [1.54, 1.807) is 0 Å². The summed E-state index contributed by atoms with van der Waals surface area (Å²) in [5.41, 5.74) is 3.89. The van der Waals surface area contributed by atoms with E-state index in [0.717, 1.165) is 32.4 Å². The van der Waals surface area contributed by atoms with Crippen molar-refractivity contribution in [1.29, 1.82) is 0 Å². The van der Waals surface area contributed by atoms with Crippen molar-refractivity contribution < 1.29 is 5.11 Å². The zero-order chi connectivity index (χ0) is 13.5. The first-order chi connectivity index (χ1) is 8.60. The molecule has 0 aliphatic carbocycles. The van der Waals surface area contributed by atoms with Gasteiger partial charge in [0.1, 0.15) is 0 Å². The minimum absolute atomic E-state index is 0.218. The van der Waals surface area contributed by atoms with Crippen LogP contribution in [0.15, 0.2) is 18.2 Å². The Bertz CT molecular complexity index is 362. The third-order valence-corrected chi connectivity index (χ3v) is 3.62. The average Bonchev–Trinajstić information content (AvgIpc) is 2.37. The number of hydrogen-bond donors (Lipinski definition) is 1. The summed E-state index contributed by atoms with van der Waals surface area (Å²) in [5.74, 6) is 0. The lowest BCUT2D eigenvalue weighted by atomic mass is 10.1. The highest BCUT2D eigenvalue weighted by Gasteiger charge is 2.13. The molecule has 1 aromatic carbocycles. The van der Waals surface area contributed by atoms with E-state index >= 15 is 0 Å². The molecule has 2 nitrogen and oxygen atoms in total. The first kappa shape index (κ1) is 15.0. The topological polar surface area (TPSA) is 23.5 Å². The molecule has 0 spiro atoms. The van der Waals surface area contributed by atoms with Gasteiger partial charge in [0.05, 0.1) is 6.10 Å². The maximum absolute atomic E-state index is 10.1. The van der Waals surface area contributed by atoms with E-state index in [9.17, 15) is 5.11 Å². The molecule has 0 heterocycles. The van der Waals surface area contributed by atoms with Gasteiger partial charge in [-0.2, -0.15) is 0 Å². The van der Waals surface area contributed by atoms with Gasteiger partial charge in [-0.25, -0.2) is 0 Å². The largest absolute Gasteiger partial charge is 0.391 e. The quantitative estimate of drug-likeness (QED) is 0.797. The molecule has 0 aromatic heterocycles. The zero-order valence-corrected chi connectivity index (χ0v) is 12.2. The number of nitrogens with zero attached hydrogens (tertiary/aromatic N) is 1. The minimum Gasteiger partial charge on any atom is -0.391 e. The Labute approximate surface area is 112 Å². The van der Waals surface area contributed by atoms with Crippen molar-refractivity contribution in [3.8, 4) is 0 Å².